The quantitative estimate of drug-likeness (QED) is 0.114. The summed E-state index contributed by atoms with van der Waals surface area (Å²) >= 11 is 0. The minimum atomic E-state index is -0.248. The highest BCUT2D eigenvalue weighted by Crippen LogP contribution is 2.37. The van der Waals surface area contributed by atoms with Crippen molar-refractivity contribution in [2.45, 2.75) is 57.3 Å². The van der Waals surface area contributed by atoms with Gasteiger partial charge in [-0.2, -0.15) is 0 Å². The molecule has 6 rings (SSSR count). The van der Waals surface area contributed by atoms with Crippen LogP contribution in [-0.2, 0) is 0 Å². The summed E-state index contributed by atoms with van der Waals surface area (Å²) in [5.74, 6) is 1.87. The van der Waals surface area contributed by atoms with E-state index < -0.39 is 0 Å². The Labute approximate surface area is 284 Å². The highest BCUT2D eigenvalue weighted by Gasteiger charge is 2.27. The number of ether oxygens (including phenoxy) is 1. The summed E-state index contributed by atoms with van der Waals surface area (Å²) < 4.78 is 6.03. The molecule has 0 radical (unpaired) electrons. The fourth-order valence-electron chi connectivity index (χ4n) is 6.21. The largest absolute Gasteiger partial charge is 0.507 e. The van der Waals surface area contributed by atoms with Gasteiger partial charge in [-0.3, -0.25) is 0 Å². The smallest absolute Gasteiger partial charge is 0.167 e. The number of phenolic OH excluding ortho intramolecular Hbond substituents is 1. The third kappa shape index (κ3) is 8.16. The predicted molar refractivity (Wildman–Crippen MR) is 193 cm³/mol. The Hall–Kier alpha value is -5.29. The van der Waals surface area contributed by atoms with Gasteiger partial charge in [-0.15, -0.1) is 0 Å². The first kappa shape index (κ1) is 32.6. The molecule has 0 aliphatic rings. The van der Waals surface area contributed by atoms with Crippen molar-refractivity contribution in [3.8, 4) is 22.9 Å². The Kier molecular flexibility index (Phi) is 11.2. The molecule has 1 N–H and O–H groups in total. The summed E-state index contributed by atoms with van der Waals surface area (Å²) in [6.45, 7) is 2.85. The first-order valence-corrected chi connectivity index (χ1v) is 17.1. The van der Waals surface area contributed by atoms with E-state index in [1.807, 2.05) is 84.9 Å². The number of aromatic nitrogens is 3. The molecule has 0 bridgehead atoms. The van der Waals surface area contributed by atoms with E-state index in [2.05, 4.69) is 55.5 Å². The fraction of sp³-hybridized carbons (Fsp3) is 0.233. The van der Waals surface area contributed by atoms with Gasteiger partial charge in [-0.25, -0.2) is 15.0 Å². The molecular formula is C43H43N3O2. The number of hydrogen-bond donors (Lipinski definition) is 1. The number of phenols is 1. The van der Waals surface area contributed by atoms with Crippen molar-refractivity contribution in [3.63, 3.8) is 0 Å². The van der Waals surface area contributed by atoms with Crippen molar-refractivity contribution in [2.24, 2.45) is 0 Å². The second-order valence-corrected chi connectivity index (χ2v) is 12.2. The standard InChI is InChI=1S/C43H43N3O2/c1-2-3-4-5-6-19-30-48-36-28-29-37(38(47)31-36)41-44-42(39(32-20-11-7-12-21-32)33-22-13-8-14-23-33)46-43(45-41)40(34-24-15-9-16-25-34)35-26-17-10-18-27-35/h7-18,20-29,31,39-40,47H,2-6,19,30H2,1H3. The number of nitrogens with zero attached hydrogens (tertiary/aromatic N) is 3. The molecule has 5 aromatic carbocycles. The Bertz CT molecular complexity index is 1670. The average molecular weight is 634 g/mol. The monoisotopic (exact) mass is 633 g/mol. The molecule has 0 saturated carbocycles. The van der Waals surface area contributed by atoms with Crippen LogP contribution in [0.25, 0.3) is 11.4 Å². The van der Waals surface area contributed by atoms with Crippen molar-refractivity contribution in [1.82, 2.24) is 15.0 Å². The molecular weight excluding hydrogens is 590 g/mol. The van der Waals surface area contributed by atoms with E-state index in [1.54, 1.807) is 6.07 Å². The van der Waals surface area contributed by atoms with Gasteiger partial charge in [-0.1, -0.05) is 160 Å². The molecule has 48 heavy (non-hydrogen) atoms. The molecule has 0 atom stereocenters. The summed E-state index contributed by atoms with van der Waals surface area (Å²) in [7, 11) is 0. The zero-order valence-corrected chi connectivity index (χ0v) is 27.6. The van der Waals surface area contributed by atoms with Crippen LogP contribution < -0.4 is 4.74 Å². The molecule has 0 unspecified atom stereocenters. The van der Waals surface area contributed by atoms with E-state index in [0.29, 0.717) is 35.4 Å². The highest BCUT2D eigenvalue weighted by molar-refractivity contribution is 5.65. The molecule has 0 fully saturated rings. The van der Waals surface area contributed by atoms with E-state index in [4.69, 9.17) is 19.7 Å². The summed E-state index contributed by atoms with van der Waals surface area (Å²) in [6, 6.07) is 46.7. The lowest BCUT2D eigenvalue weighted by molar-refractivity contribution is 0.303. The van der Waals surface area contributed by atoms with Crippen molar-refractivity contribution < 1.29 is 9.84 Å². The van der Waals surface area contributed by atoms with E-state index in [1.165, 1.54) is 25.7 Å². The molecule has 5 nitrogen and oxygen atoms in total. The van der Waals surface area contributed by atoms with Crippen LogP contribution in [0.3, 0.4) is 0 Å². The maximum absolute atomic E-state index is 11.4. The van der Waals surface area contributed by atoms with Gasteiger partial charge < -0.3 is 9.84 Å². The molecule has 0 saturated heterocycles. The number of rotatable bonds is 15. The van der Waals surface area contributed by atoms with Gasteiger partial charge in [0.1, 0.15) is 23.1 Å². The normalized spacial score (nSPS) is 11.2. The molecule has 0 amide bonds. The van der Waals surface area contributed by atoms with Gasteiger partial charge >= 0.3 is 0 Å². The van der Waals surface area contributed by atoms with Gasteiger partial charge in [0.15, 0.2) is 5.82 Å². The molecule has 5 heteroatoms. The molecule has 242 valence electrons. The lowest BCUT2D eigenvalue weighted by atomic mass is 9.89. The van der Waals surface area contributed by atoms with Gasteiger partial charge in [-0.05, 0) is 40.8 Å². The van der Waals surface area contributed by atoms with Crippen LogP contribution >= 0.6 is 0 Å². The second-order valence-electron chi connectivity index (χ2n) is 12.2. The van der Waals surface area contributed by atoms with Crippen LogP contribution in [0.5, 0.6) is 11.5 Å². The van der Waals surface area contributed by atoms with Gasteiger partial charge in [0.05, 0.1) is 24.0 Å². The van der Waals surface area contributed by atoms with Crippen LogP contribution in [0.4, 0.5) is 0 Å². The van der Waals surface area contributed by atoms with Gasteiger partial charge in [0, 0.05) is 6.07 Å². The summed E-state index contributed by atoms with van der Waals surface area (Å²) in [5.41, 5.74) is 4.83. The van der Waals surface area contributed by atoms with Crippen molar-refractivity contribution in [1.29, 1.82) is 0 Å². The maximum Gasteiger partial charge on any atom is 0.167 e. The van der Waals surface area contributed by atoms with Gasteiger partial charge in [0.2, 0.25) is 0 Å². The second kappa shape index (κ2) is 16.5. The number of unbranched alkanes of at least 4 members (excludes halogenated alkanes) is 5. The topological polar surface area (TPSA) is 68.1 Å². The Morgan fingerprint density at radius 2 is 0.958 bits per heavy atom. The van der Waals surface area contributed by atoms with Crippen molar-refractivity contribution in [3.05, 3.63) is 173 Å². The Morgan fingerprint density at radius 1 is 0.521 bits per heavy atom. The first-order valence-electron chi connectivity index (χ1n) is 17.1. The predicted octanol–water partition coefficient (Wildman–Crippen LogP) is 10.3. The fourth-order valence-corrected chi connectivity index (χ4v) is 6.21. The van der Waals surface area contributed by atoms with Crippen LogP contribution in [-0.4, -0.2) is 26.7 Å². The Balaban J connectivity index is 1.44. The molecule has 1 aromatic heterocycles. The lowest BCUT2D eigenvalue weighted by Gasteiger charge is -2.22. The van der Waals surface area contributed by atoms with Crippen LogP contribution in [0.1, 0.15) is 91.2 Å². The third-order valence-electron chi connectivity index (χ3n) is 8.69. The Morgan fingerprint density at radius 3 is 1.40 bits per heavy atom. The van der Waals surface area contributed by atoms with E-state index in [0.717, 1.165) is 35.1 Å². The molecule has 6 aromatic rings. The van der Waals surface area contributed by atoms with Crippen LogP contribution in [0.2, 0.25) is 0 Å². The van der Waals surface area contributed by atoms with Crippen LogP contribution in [0, 0.1) is 0 Å². The SMILES string of the molecule is CCCCCCCCOc1ccc(-c2nc(C(c3ccccc3)c3ccccc3)nc(C(c3ccccc3)c3ccccc3)n2)c(O)c1. The van der Waals surface area contributed by atoms with Gasteiger partial charge in [0.25, 0.3) is 0 Å². The van der Waals surface area contributed by atoms with E-state index >= 15 is 0 Å². The first-order chi connectivity index (χ1) is 23.7. The molecule has 0 aliphatic heterocycles. The van der Waals surface area contributed by atoms with E-state index in [-0.39, 0.29) is 17.6 Å². The minimum absolute atomic E-state index is 0.0745. The number of hydrogen-bond acceptors (Lipinski definition) is 5. The summed E-state index contributed by atoms with van der Waals surface area (Å²) in [6.07, 6.45) is 7.16. The molecule has 0 spiro atoms. The maximum atomic E-state index is 11.4. The average Bonchev–Trinajstić information content (AvgIpc) is 3.13. The van der Waals surface area contributed by atoms with E-state index in [9.17, 15) is 5.11 Å². The zero-order chi connectivity index (χ0) is 33.0. The summed E-state index contributed by atoms with van der Waals surface area (Å²) in [4.78, 5) is 15.5. The zero-order valence-electron chi connectivity index (χ0n) is 27.6. The molecule has 0 aliphatic carbocycles. The highest BCUT2D eigenvalue weighted by atomic mass is 16.5. The van der Waals surface area contributed by atoms with Crippen molar-refractivity contribution in [2.75, 3.05) is 6.61 Å². The number of aromatic hydroxyl groups is 1. The molecule has 1 heterocycles. The lowest BCUT2D eigenvalue weighted by Crippen LogP contribution is -2.16. The summed E-state index contributed by atoms with van der Waals surface area (Å²) in [5, 5.41) is 11.4. The van der Waals surface area contributed by atoms with Crippen molar-refractivity contribution >= 4 is 0 Å². The van der Waals surface area contributed by atoms with Crippen LogP contribution in [0.15, 0.2) is 140 Å². The third-order valence-corrected chi connectivity index (χ3v) is 8.69. The number of benzene rings is 5. The minimum Gasteiger partial charge on any atom is -0.507 e.